The van der Waals surface area contributed by atoms with Crippen LogP contribution in [-0.4, -0.2) is 73.0 Å². The predicted octanol–water partition coefficient (Wildman–Crippen LogP) is -0.265. The normalized spacial score (nSPS) is 29.5. The SMILES string of the molecule is CCC(=O)C(CC)CC(=O)Cc1cn(C2OC(CO)C(O)C(O)C2[18F])nn1. The molecule has 0 saturated carbocycles. The molecule has 27 heavy (non-hydrogen) atoms. The molecule has 10 heteroatoms. The third-order valence-corrected chi connectivity index (χ3v) is 4.79. The van der Waals surface area contributed by atoms with Gasteiger partial charge in [0.15, 0.2) is 12.4 Å². The van der Waals surface area contributed by atoms with E-state index in [1.54, 1.807) is 6.92 Å². The molecule has 0 spiro atoms. The van der Waals surface area contributed by atoms with Gasteiger partial charge in [0.25, 0.3) is 0 Å². The van der Waals surface area contributed by atoms with Crippen molar-refractivity contribution in [3.05, 3.63) is 11.9 Å². The number of alkyl halides is 1. The molecule has 1 aliphatic rings. The number of ketones is 2. The molecule has 0 amide bonds. The topological polar surface area (TPSA) is 135 Å². The number of hydrogen-bond donors (Lipinski definition) is 3. The molecule has 1 aliphatic heterocycles. The number of aromatic nitrogens is 3. The number of halogens is 1. The smallest absolute Gasteiger partial charge is 0.186 e. The Bertz CT molecular complexity index is 652. The molecule has 0 radical (unpaired) electrons. The number of Topliss-reactive ketones (excluding diaryl/α,β-unsaturated/α-hetero) is 2. The van der Waals surface area contributed by atoms with E-state index in [-0.39, 0.29) is 36.0 Å². The van der Waals surface area contributed by atoms with E-state index in [9.17, 15) is 29.3 Å². The van der Waals surface area contributed by atoms with Crippen molar-refractivity contribution in [1.82, 2.24) is 15.0 Å². The van der Waals surface area contributed by atoms with Crippen molar-refractivity contribution in [3.63, 3.8) is 0 Å². The molecule has 2 heterocycles. The van der Waals surface area contributed by atoms with Crippen molar-refractivity contribution in [2.75, 3.05) is 6.61 Å². The average molecular weight is 386 g/mol. The quantitative estimate of drug-likeness (QED) is 0.528. The molecule has 1 aromatic heterocycles. The van der Waals surface area contributed by atoms with Crippen LogP contribution >= 0.6 is 0 Å². The minimum atomic E-state index is -1.99. The zero-order valence-corrected chi connectivity index (χ0v) is 15.4. The van der Waals surface area contributed by atoms with Gasteiger partial charge >= 0.3 is 0 Å². The number of aliphatic hydroxyl groups is 3. The van der Waals surface area contributed by atoms with Crippen LogP contribution in [-0.2, 0) is 20.7 Å². The lowest BCUT2D eigenvalue weighted by Gasteiger charge is -2.38. The lowest BCUT2D eigenvalue weighted by atomic mass is 9.92. The van der Waals surface area contributed by atoms with Crippen LogP contribution in [0, 0.1) is 5.92 Å². The highest BCUT2D eigenvalue weighted by Gasteiger charge is 2.46. The Kier molecular flexibility index (Phi) is 7.54. The number of hydrogen-bond acceptors (Lipinski definition) is 8. The van der Waals surface area contributed by atoms with Crippen molar-refractivity contribution >= 4 is 11.6 Å². The molecule has 6 unspecified atom stereocenters. The third-order valence-electron chi connectivity index (χ3n) is 4.79. The van der Waals surface area contributed by atoms with E-state index in [1.165, 1.54) is 6.20 Å². The van der Waals surface area contributed by atoms with E-state index in [1.807, 2.05) is 6.92 Å². The Morgan fingerprint density at radius 1 is 1.33 bits per heavy atom. The molecule has 2 rings (SSSR count). The number of carbonyl (C=O) groups is 2. The molecular formula is C17H26FN3O6. The van der Waals surface area contributed by atoms with Crippen LogP contribution < -0.4 is 0 Å². The minimum absolute atomic E-state index is 0.0352. The summed E-state index contributed by atoms with van der Waals surface area (Å²) in [6.07, 6.45) is -5.54. The molecule has 1 fully saturated rings. The van der Waals surface area contributed by atoms with E-state index >= 15 is 0 Å². The van der Waals surface area contributed by atoms with Gasteiger partial charge in [-0.25, -0.2) is 9.07 Å². The van der Waals surface area contributed by atoms with Gasteiger partial charge in [-0.3, -0.25) is 9.59 Å². The highest BCUT2D eigenvalue weighted by molar-refractivity contribution is 5.88. The molecule has 3 N–H and O–H groups in total. The van der Waals surface area contributed by atoms with E-state index in [4.69, 9.17) is 4.74 Å². The summed E-state index contributed by atoms with van der Waals surface area (Å²) in [5, 5.41) is 36.2. The first kappa shape index (κ1) is 21.5. The van der Waals surface area contributed by atoms with Gasteiger partial charge < -0.3 is 20.1 Å². The van der Waals surface area contributed by atoms with Crippen molar-refractivity contribution < 1.29 is 34.0 Å². The van der Waals surface area contributed by atoms with Crippen LogP contribution in [0.15, 0.2) is 6.20 Å². The Labute approximate surface area is 156 Å². The fourth-order valence-corrected chi connectivity index (χ4v) is 3.11. The third kappa shape index (κ3) is 4.95. The summed E-state index contributed by atoms with van der Waals surface area (Å²) in [6, 6.07) is 0. The van der Waals surface area contributed by atoms with Crippen molar-refractivity contribution in [2.45, 2.75) is 70.2 Å². The van der Waals surface area contributed by atoms with Crippen LogP contribution in [0.5, 0.6) is 0 Å². The molecule has 152 valence electrons. The largest absolute Gasteiger partial charge is 0.394 e. The summed E-state index contributed by atoms with van der Waals surface area (Å²) < 4.78 is 20.6. The molecule has 1 aromatic rings. The van der Waals surface area contributed by atoms with Crippen molar-refractivity contribution in [3.8, 4) is 0 Å². The van der Waals surface area contributed by atoms with Gasteiger partial charge in [0.2, 0.25) is 0 Å². The summed E-state index contributed by atoms with van der Waals surface area (Å²) in [5.41, 5.74) is 0.274. The maximum atomic E-state index is 14.3. The Morgan fingerprint density at radius 3 is 2.63 bits per heavy atom. The first-order chi connectivity index (χ1) is 12.8. The van der Waals surface area contributed by atoms with E-state index < -0.39 is 37.3 Å². The highest BCUT2D eigenvalue weighted by Crippen LogP contribution is 2.30. The monoisotopic (exact) mass is 386 g/mol. The predicted molar refractivity (Wildman–Crippen MR) is 90.3 cm³/mol. The van der Waals surface area contributed by atoms with Gasteiger partial charge in [-0.2, -0.15) is 0 Å². The van der Waals surface area contributed by atoms with Crippen molar-refractivity contribution in [1.29, 1.82) is 0 Å². The molecule has 6 atom stereocenters. The number of carbonyl (C=O) groups excluding carboxylic acids is 2. The average Bonchev–Trinajstić information content (AvgIpc) is 3.11. The fourth-order valence-electron chi connectivity index (χ4n) is 3.11. The van der Waals surface area contributed by atoms with Crippen LogP contribution in [0.25, 0.3) is 0 Å². The van der Waals surface area contributed by atoms with Crippen LogP contribution in [0.1, 0.15) is 45.0 Å². The molecule has 0 aromatic carbocycles. The van der Waals surface area contributed by atoms with Gasteiger partial charge in [0.05, 0.1) is 24.9 Å². The summed E-state index contributed by atoms with van der Waals surface area (Å²) in [5.74, 6) is -0.467. The Morgan fingerprint density at radius 2 is 2.04 bits per heavy atom. The van der Waals surface area contributed by atoms with Crippen LogP contribution in [0.3, 0.4) is 0 Å². The number of nitrogens with zero attached hydrogens (tertiary/aromatic N) is 3. The minimum Gasteiger partial charge on any atom is -0.394 e. The first-order valence-electron chi connectivity index (χ1n) is 9.03. The lowest BCUT2D eigenvalue weighted by Crippen LogP contribution is -2.55. The van der Waals surface area contributed by atoms with E-state index in [0.29, 0.717) is 12.8 Å². The highest BCUT2D eigenvalue weighted by atomic mass is 18.2. The number of aliphatic hydroxyl groups excluding tert-OH is 3. The molecular weight excluding hydrogens is 360 g/mol. The van der Waals surface area contributed by atoms with Crippen molar-refractivity contribution in [2.24, 2.45) is 5.92 Å². The van der Waals surface area contributed by atoms with Gasteiger partial charge in [-0.05, 0) is 6.42 Å². The summed E-state index contributed by atoms with van der Waals surface area (Å²) in [7, 11) is 0. The Hall–Kier alpha value is -1.75. The molecule has 0 bridgehead atoms. The van der Waals surface area contributed by atoms with Gasteiger partial charge in [-0.1, -0.05) is 19.1 Å². The van der Waals surface area contributed by atoms with Gasteiger partial charge in [-0.15, -0.1) is 5.10 Å². The summed E-state index contributed by atoms with van der Waals surface area (Å²) in [6.45, 7) is 3.00. The van der Waals surface area contributed by atoms with Crippen LogP contribution in [0.4, 0.5) is 4.39 Å². The van der Waals surface area contributed by atoms with Gasteiger partial charge in [0.1, 0.15) is 29.9 Å². The maximum absolute atomic E-state index is 14.3. The standard InChI is InChI=1S/C17H26FN3O6/c1-3-9(12(24)4-2)5-11(23)6-10-7-21(20-19-10)17-14(18)16(26)15(25)13(8-22)27-17/h7,9,13-17,22,25-26H,3-6,8H2,1-2H3/i18-1. The second-order valence-electron chi connectivity index (χ2n) is 6.71. The fraction of sp³-hybridized carbons (Fsp3) is 0.765. The summed E-state index contributed by atoms with van der Waals surface area (Å²) in [4.78, 5) is 24.0. The molecule has 1 saturated heterocycles. The zero-order chi connectivity index (χ0) is 20.1. The van der Waals surface area contributed by atoms with E-state index in [0.717, 1.165) is 4.68 Å². The maximum Gasteiger partial charge on any atom is 0.186 e. The Balaban J connectivity index is 2.03. The number of rotatable bonds is 9. The van der Waals surface area contributed by atoms with Crippen LogP contribution in [0.2, 0.25) is 0 Å². The zero-order valence-electron chi connectivity index (χ0n) is 15.4. The summed E-state index contributed by atoms with van der Waals surface area (Å²) >= 11 is 0. The second-order valence-corrected chi connectivity index (χ2v) is 6.71. The molecule has 9 nitrogen and oxygen atoms in total. The number of ether oxygens (including phenoxy) is 1. The van der Waals surface area contributed by atoms with Gasteiger partial charge in [0, 0.05) is 18.8 Å². The molecule has 0 aliphatic carbocycles. The second kappa shape index (κ2) is 9.45. The first-order valence-corrected chi connectivity index (χ1v) is 9.03. The van der Waals surface area contributed by atoms with E-state index in [2.05, 4.69) is 10.3 Å². The lowest BCUT2D eigenvalue weighted by molar-refractivity contribution is -0.237.